The van der Waals surface area contributed by atoms with Gasteiger partial charge in [-0.05, 0) is 35.9 Å². The molecule has 1 saturated heterocycles. The standard InChI is InChI=1S/C18H17Cl2FN2O/c19-16-6-5-15(12-17(16)20)22-7-9-23(10-8-22)18(24)11-13-1-3-14(21)4-2-13/h1-6,12H,7-11H2. The first-order valence-corrected chi connectivity index (χ1v) is 8.51. The van der Waals surface area contributed by atoms with Gasteiger partial charge in [0, 0.05) is 31.9 Å². The van der Waals surface area contributed by atoms with Gasteiger partial charge in [0.2, 0.25) is 5.91 Å². The van der Waals surface area contributed by atoms with Crippen molar-refractivity contribution in [3.05, 3.63) is 63.9 Å². The van der Waals surface area contributed by atoms with Gasteiger partial charge in [-0.3, -0.25) is 4.79 Å². The summed E-state index contributed by atoms with van der Waals surface area (Å²) in [6.45, 7) is 2.79. The molecule has 0 aliphatic carbocycles. The first-order valence-electron chi connectivity index (χ1n) is 7.75. The normalized spacial score (nSPS) is 14.8. The maximum absolute atomic E-state index is 12.9. The Kier molecular flexibility index (Phi) is 5.27. The lowest BCUT2D eigenvalue weighted by atomic mass is 10.1. The number of hydrogen-bond acceptors (Lipinski definition) is 2. The van der Waals surface area contributed by atoms with Crippen LogP contribution >= 0.6 is 23.2 Å². The van der Waals surface area contributed by atoms with E-state index in [1.807, 2.05) is 17.0 Å². The van der Waals surface area contributed by atoms with E-state index < -0.39 is 0 Å². The molecule has 1 aliphatic heterocycles. The summed E-state index contributed by atoms with van der Waals surface area (Å²) in [4.78, 5) is 16.4. The Morgan fingerprint density at radius 2 is 1.62 bits per heavy atom. The highest BCUT2D eigenvalue weighted by atomic mass is 35.5. The van der Waals surface area contributed by atoms with Gasteiger partial charge in [0.05, 0.1) is 16.5 Å². The second-order valence-electron chi connectivity index (χ2n) is 5.77. The number of benzene rings is 2. The second kappa shape index (κ2) is 7.41. The molecule has 0 saturated carbocycles. The molecule has 1 fully saturated rings. The van der Waals surface area contributed by atoms with E-state index in [0.717, 1.165) is 24.3 Å². The van der Waals surface area contributed by atoms with E-state index in [4.69, 9.17) is 23.2 Å². The van der Waals surface area contributed by atoms with Crippen LogP contribution < -0.4 is 4.90 Å². The van der Waals surface area contributed by atoms with Crippen LogP contribution in [0.15, 0.2) is 42.5 Å². The first kappa shape index (κ1) is 17.1. The molecular weight excluding hydrogens is 350 g/mol. The predicted molar refractivity (Wildman–Crippen MR) is 95.4 cm³/mol. The number of carbonyl (C=O) groups is 1. The van der Waals surface area contributed by atoms with Crippen LogP contribution in [0, 0.1) is 5.82 Å². The van der Waals surface area contributed by atoms with E-state index >= 15 is 0 Å². The van der Waals surface area contributed by atoms with Crippen LogP contribution in [0.2, 0.25) is 10.0 Å². The minimum absolute atomic E-state index is 0.0652. The molecule has 1 heterocycles. The minimum Gasteiger partial charge on any atom is -0.368 e. The highest BCUT2D eigenvalue weighted by molar-refractivity contribution is 6.42. The van der Waals surface area contributed by atoms with Gasteiger partial charge in [0.15, 0.2) is 0 Å². The lowest BCUT2D eigenvalue weighted by Crippen LogP contribution is -2.49. The zero-order valence-electron chi connectivity index (χ0n) is 13.0. The fraction of sp³-hybridized carbons (Fsp3) is 0.278. The van der Waals surface area contributed by atoms with Gasteiger partial charge in [-0.25, -0.2) is 4.39 Å². The Bertz CT molecular complexity index is 728. The Balaban J connectivity index is 1.57. The third-order valence-corrected chi connectivity index (χ3v) is 4.91. The summed E-state index contributed by atoms with van der Waals surface area (Å²) in [5.41, 5.74) is 1.84. The average Bonchev–Trinajstić information content (AvgIpc) is 2.59. The van der Waals surface area contributed by atoms with Crippen molar-refractivity contribution in [2.75, 3.05) is 31.1 Å². The van der Waals surface area contributed by atoms with E-state index in [1.165, 1.54) is 12.1 Å². The fourth-order valence-electron chi connectivity index (χ4n) is 2.78. The molecule has 0 aromatic heterocycles. The van der Waals surface area contributed by atoms with Crippen molar-refractivity contribution in [3.63, 3.8) is 0 Å². The van der Waals surface area contributed by atoms with Crippen molar-refractivity contribution in [3.8, 4) is 0 Å². The number of rotatable bonds is 3. The lowest BCUT2D eigenvalue weighted by molar-refractivity contribution is -0.130. The van der Waals surface area contributed by atoms with Crippen molar-refractivity contribution >= 4 is 34.8 Å². The Hall–Kier alpha value is -1.78. The van der Waals surface area contributed by atoms with Crippen LogP contribution in [0.1, 0.15) is 5.56 Å². The number of hydrogen-bond donors (Lipinski definition) is 0. The zero-order chi connectivity index (χ0) is 17.1. The molecule has 3 nitrogen and oxygen atoms in total. The average molecular weight is 367 g/mol. The van der Waals surface area contributed by atoms with Crippen molar-refractivity contribution < 1.29 is 9.18 Å². The van der Waals surface area contributed by atoms with E-state index in [-0.39, 0.29) is 11.7 Å². The molecule has 0 bridgehead atoms. The van der Waals surface area contributed by atoms with Gasteiger partial charge >= 0.3 is 0 Å². The van der Waals surface area contributed by atoms with E-state index in [1.54, 1.807) is 18.2 Å². The summed E-state index contributed by atoms with van der Waals surface area (Å²) in [6, 6.07) is 11.6. The Morgan fingerprint density at radius 1 is 0.958 bits per heavy atom. The fourth-order valence-corrected chi connectivity index (χ4v) is 3.08. The van der Waals surface area contributed by atoms with E-state index in [2.05, 4.69) is 4.90 Å². The SMILES string of the molecule is O=C(Cc1ccc(F)cc1)N1CCN(c2ccc(Cl)c(Cl)c2)CC1. The highest BCUT2D eigenvalue weighted by Crippen LogP contribution is 2.27. The number of nitrogens with zero attached hydrogens (tertiary/aromatic N) is 2. The van der Waals surface area contributed by atoms with Gasteiger partial charge < -0.3 is 9.80 Å². The van der Waals surface area contributed by atoms with Gasteiger partial charge in [0.25, 0.3) is 0 Å². The smallest absolute Gasteiger partial charge is 0.227 e. The Morgan fingerprint density at radius 3 is 2.25 bits per heavy atom. The lowest BCUT2D eigenvalue weighted by Gasteiger charge is -2.36. The van der Waals surface area contributed by atoms with Crippen LogP contribution in [-0.4, -0.2) is 37.0 Å². The third kappa shape index (κ3) is 4.00. The molecule has 2 aromatic carbocycles. The summed E-state index contributed by atoms with van der Waals surface area (Å²) in [5.74, 6) is -0.225. The zero-order valence-corrected chi connectivity index (χ0v) is 14.5. The minimum atomic E-state index is -0.290. The van der Waals surface area contributed by atoms with Crippen molar-refractivity contribution in [2.45, 2.75) is 6.42 Å². The van der Waals surface area contributed by atoms with Gasteiger partial charge in [-0.1, -0.05) is 35.3 Å². The summed E-state index contributed by atoms with van der Waals surface area (Å²) in [7, 11) is 0. The molecule has 126 valence electrons. The molecule has 2 aromatic rings. The van der Waals surface area contributed by atoms with Gasteiger partial charge in [-0.15, -0.1) is 0 Å². The van der Waals surface area contributed by atoms with E-state index in [9.17, 15) is 9.18 Å². The van der Waals surface area contributed by atoms with Crippen LogP contribution in [0.25, 0.3) is 0 Å². The maximum atomic E-state index is 12.9. The third-order valence-electron chi connectivity index (χ3n) is 4.17. The summed E-state index contributed by atoms with van der Waals surface area (Å²) >= 11 is 12.0. The molecule has 0 atom stereocenters. The maximum Gasteiger partial charge on any atom is 0.227 e. The van der Waals surface area contributed by atoms with E-state index in [0.29, 0.717) is 29.6 Å². The van der Waals surface area contributed by atoms with Crippen LogP contribution in [0.3, 0.4) is 0 Å². The largest absolute Gasteiger partial charge is 0.368 e. The summed E-state index contributed by atoms with van der Waals surface area (Å²) < 4.78 is 12.9. The molecule has 6 heteroatoms. The number of carbonyl (C=O) groups excluding carboxylic acids is 1. The van der Waals surface area contributed by atoms with Gasteiger partial charge in [0.1, 0.15) is 5.82 Å². The van der Waals surface area contributed by atoms with Crippen molar-refractivity contribution in [2.24, 2.45) is 0 Å². The molecule has 3 rings (SSSR count). The molecule has 1 aliphatic rings. The van der Waals surface area contributed by atoms with Crippen molar-refractivity contribution in [1.29, 1.82) is 0 Å². The summed E-state index contributed by atoms with van der Waals surface area (Å²) in [6.07, 6.45) is 0.299. The second-order valence-corrected chi connectivity index (χ2v) is 6.58. The monoisotopic (exact) mass is 366 g/mol. The van der Waals surface area contributed by atoms with Crippen LogP contribution in [0.4, 0.5) is 10.1 Å². The Labute approximate surface area is 150 Å². The van der Waals surface area contributed by atoms with Crippen LogP contribution in [-0.2, 0) is 11.2 Å². The van der Waals surface area contributed by atoms with Crippen LogP contribution in [0.5, 0.6) is 0 Å². The number of halogens is 3. The summed E-state index contributed by atoms with van der Waals surface area (Å²) in [5, 5.41) is 1.07. The quantitative estimate of drug-likeness (QED) is 0.818. The molecule has 0 unspecified atom stereocenters. The number of amides is 1. The number of anilines is 1. The highest BCUT2D eigenvalue weighted by Gasteiger charge is 2.21. The molecule has 24 heavy (non-hydrogen) atoms. The topological polar surface area (TPSA) is 23.6 Å². The molecule has 0 radical (unpaired) electrons. The van der Waals surface area contributed by atoms with Gasteiger partial charge in [-0.2, -0.15) is 0 Å². The van der Waals surface area contributed by atoms with Crippen molar-refractivity contribution in [1.82, 2.24) is 4.90 Å². The number of piperazine rings is 1. The molecular formula is C18H17Cl2FN2O. The molecule has 0 spiro atoms. The predicted octanol–water partition coefficient (Wildman–Crippen LogP) is 4.02. The molecule has 0 N–H and O–H groups in total. The first-order chi connectivity index (χ1) is 11.5. The molecule has 1 amide bonds.